The third kappa shape index (κ3) is 2.80. The fourth-order valence-corrected chi connectivity index (χ4v) is 3.04. The number of nitriles is 1. The molecule has 0 aliphatic rings. The van der Waals surface area contributed by atoms with Crippen LogP contribution in [0.1, 0.15) is 11.3 Å². The minimum absolute atomic E-state index is 0.495. The standard InChI is InChI=1S/C16H11N3O2S/c17-7-11-6-13(5-10-3-1-2-4-14(10)11)22-9-12-8-18-15(20)16(21)19-12/h1-6,8H,9H2,(H,18,20)(H,19,21). The van der Waals surface area contributed by atoms with Crippen molar-refractivity contribution in [3.8, 4) is 6.07 Å². The summed E-state index contributed by atoms with van der Waals surface area (Å²) in [6.07, 6.45) is 1.49. The second-order valence-corrected chi connectivity index (χ2v) is 5.74. The first-order valence-electron chi connectivity index (χ1n) is 6.54. The molecule has 108 valence electrons. The summed E-state index contributed by atoms with van der Waals surface area (Å²) in [5.41, 5.74) is -0.0719. The van der Waals surface area contributed by atoms with Crippen molar-refractivity contribution in [1.29, 1.82) is 5.26 Å². The highest BCUT2D eigenvalue weighted by molar-refractivity contribution is 7.98. The largest absolute Gasteiger partial charge is 0.323 e. The Balaban J connectivity index is 1.91. The Morgan fingerprint density at radius 3 is 2.73 bits per heavy atom. The number of hydrogen-bond acceptors (Lipinski definition) is 4. The van der Waals surface area contributed by atoms with E-state index in [0.717, 1.165) is 15.7 Å². The lowest BCUT2D eigenvalue weighted by atomic mass is 10.1. The summed E-state index contributed by atoms with van der Waals surface area (Å²) in [6.45, 7) is 0. The third-order valence-electron chi connectivity index (χ3n) is 3.21. The van der Waals surface area contributed by atoms with Crippen molar-refractivity contribution in [2.24, 2.45) is 0 Å². The normalized spacial score (nSPS) is 10.5. The maximum atomic E-state index is 11.3. The number of thioether (sulfide) groups is 1. The molecule has 5 nitrogen and oxygen atoms in total. The highest BCUT2D eigenvalue weighted by Gasteiger charge is 2.05. The van der Waals surface area contributed by atoms with Crippen LogP contribution in [0.4, 0.5) is 0 Å². The highest BCUT2D eigenvalue weighted by Crippen LogP contribution is 2.28. The molecule has 0 unspecified atom stereocenters. The zero-order valence-electron chi connectivity index (χ0n) is 11.4. The van der Waals surface area contributed by atoms with E-state index >= 15 is 0 Å². The maximum Gasteiger partial charge on any atom is 0.313 e. The van der Waals surface area contributed by atoms with E-state index in [1.165, 1.54) is 18.0 Å². The summed E-state index contributed by atoms with van der Waals surface area (Å²) in [6, 6.07) is 13.8. The van der Waals surface area contributed by atoms with Gasteiger partial charge in [0.1, 0.15) is 0 Å². The molecule has 0 saturated heterocycles. The maximum absolute atomic E-state index is 11.3. The van der Waals surface area contributed by atoms with E-state index in [4.69, 9.17) is 0 Å². The monoisotopic (exact) mass is 309 g/mol. The Hall–Kier alpha value is -2.78. The molecule has 6 heteroatoms. The first-order valence-corrected chi connectivity index (χ1v) is 7.52. The molecule has 0 spiro atoms. The number of nitrogens with one attached hydrogen (secondary N) is 2. The van der Waals surface area contributed by atoms with Crippen molar-refractivity contribution in [2.75, 3.05) is 0 Å². The summed E-state index contributed by atoms with van der Waals surface area (Å²) >= 11 is 1.49. The number of nitrogens with zero attached hydrogens (tertiary/aromatic N) is 1. The summed E-state index contributed by atoms with van der Waals surface area (Å²) in [5.74, 6) is 0.495. The van der Waals surface area contributed by atoms with Gasteiger partial charge in [-0.05, 0) is 22.9 Å². The van der Waals surface area contributed by atoms with Crippen LogP contribution in [0.15, 0.2) is 57.1 Å². The topological polar surface area (TPSA) is 89.5 Å². The van der Waals surface area contributed by atoms with Gasteiger partial charge in [0.15, 0.2) is 0 Å². The fourth-order valence-electron chi connectivity index (χ4n) is 2.15. The summed E-state index contributed by atoms with van der Waals surface area (Å²) in [7, 11) is 0. The zero-order chi connectivity index (χ0) is 15.5. The number of aromatic amines is 2. The number of rotatable bonds is 3. The van der Waals surface area contributed by atoms with E-state index in [-0.39, 0.29) is 0 Å². The van der Waals surface area contributed by atoms with Crippen LogP contribution in [0.25, 0.3) is 10.8 Å². The minimum atomic E-state index is -0.661. The summed E-state index contributed by atoms with van der Waals surface area (Å²) < 4.78 is 0. The molecule has 2 aromatic carbocycles. The number of fused-ring (bicyclic) bond motifs is 1. The molecule has 3 aromatic rings. The Kier molecular flexibility index (Phi) is 3.81. The Labute approximate surface area is 129 Å². The van der Waals surface area contributed by atoms with Gasteiger partial charge in [0.25, 0.3) is 0 Å². The van der Waals surface area contributed by atoms with Gasteiger partial charge in [-0.3, -0.25) is 9.59 Å². The molecule has 3 rings (SSSR count). The van der Waals surface area contributed by atoms with Crippen LogP contribution in [0.5, 0.6) is 0 Å². The van der Waals surface area contributed by atoms with Crippen LogP contribution < -0.4 is 11.1 Å². The van der Waals surface area contributed by atoms with Gasteiger partial charge in [-0.25, -0.2) is 0 Å². The molecule has 22 heavy (non-hydrogen) atoms. The van der Waals surface area contributed by atoms with E-state index < -0.39 is 11.1 Å². The average Bonchev–Trinajstić information content (AvgIpc) is 2.55. The van der Waals surface area contributed by atoms with Gasteiger partial charge in [-0.1, -0.05) is 24.3 Å². The second-order valence-electron chi connectivity index (χ2n) is 4.69. The molecule has 2 N–H and O–H groups in total. The molecule has 0 aliphatic heterocycles. The van der Waals surface area contributed by atoms with Gasteiger partial charge in [-0.15, -0.1) is 11.8 Å². The molecular formula is C16H11N3O2S. The lowest BCUT2D eigenvalue weighted by Crippen LogP contribution is -2.29. The van der Waals surface area contributed by atoms with Crippen molar-refractivity contribution in [3.05, 3.63) is 74.6 Å². The number of H-pyrrole nitrogens is 2. The molecule has 0 bridgehead atoms. The molecule has 0 fully saturated rings. The second kappa shape index (κ2) is 5.92. The lowest BCUT2D eigenvalue weighted by Gasteiger charge is -2.06. The van der Waals surface area contributed by atoms with Gasteiger partial charge in [0.05, 0.1) is 11.6 Å². The summed E-state index contributed by atoms with van der Waals surface area (Å²) in [4.78, 5) is 28.2. The molecule has 0 atom stereocenters. The van der Waals surface area contributed by atoms with Gasteiger partial charge in [0.2, 0.25) is 0 Å². The van der Waals surface area contributed by atoms with Gasteiger partial charge >= 0.3 is 11.1 Å². The van der Waals surface area contributed by atoms with Crippen molar-refractivity contribution in [3.63, 3.8) is 0 Å². The molecule has 0 aliphatic carbocycles. The molecule has 0 amide bonds. The third-order valence-corrected chi connectivity index (χ3v) is 4.23. The molecule has 0 saturated carbocycles. The van der Waals surface area contributed by atoms with Crippen molar-refractivity contribution in [1.82, 2.24) is 9.97 Å². The first kappa shape index (κ1) is 14.2. The SMILES string of the molecule is N#Cc1cc(SCc2c[nH]c(=O)c(=O)[nH]2)cc2ccccc12. The fraction of sp³-hybridized carbons (Fsp3) is 0.0625. The van der Waals surface area contributed by atoms with E-state index in [9.17, 15) is 14.9 Å². The first-order chi connectivity index (χ1) is 10.7. The zero-order valence-corrected chi connectivity index (χ0v) is 12.2. The number of benzene rings is 2. The van der Waals surface area contributed by atoms with Crippen molar-refractivity contribution in [2.45, 2.75) is 10.6 Å². The Morgan fingerprint density at radius 2 is 1.95 bits per heavy atom. The van der Waals surface area contributed by atoms with E-state index in [1.807, 2.05) is 36.4 Å². The van der Waals surface area contributed by atoms with Gasteiger partial charge in [-0.2, -0.15) is 5.26 Å². The molecule has 0 radical (unpaired) electrons. The van der Waals surface area contributed by atoms with E-state index in [1.54, 1.807) is 0 Å². The van der Waals surface area contributed by atoms with Crippen LogP contribution in [0.2, 0.25) is 0 Å². The minimum Gasteiger partial charge on any atom is -0.323 e. The molecule has 1 heterocycles. The average molecular weight is 309 g/mol. The summed E-state index contributed by atoms with van der Waals surface area (Å²) in [5, 5.41) is 11.2. The smallest absolute Gasteiger partial charge is 0.313 e. The van der Waals surface area contributed by atoms with Gasteiger partial charge < -0.3 is 9.97 Å². The predicted molar refractivity (Wildman–Crippen MR) is 85.9 cm³/mol. The quantitative estimate of drug-likeness (QED) is 0.574. The predicted octanol–water partition coefficient (Wildman–Crippen LogP) is 2.38. The van der Waals surface area contributed by atoms with Crippen LogP contribution in [0.3, 0.4) is 0 Å². The van der Waals surface area contributed by atoms with Crippen molar-refractivity contribution < 1.29 is 0 Å². The number of aromatic nitrogens is 2. The highest BCUT2D eigenvalue weighted by atomic mass is 32.2. The lowest BCUT2D eigenvalue weighted by molar-refractivity contribution is 1.01. The van der Waals surface area contributed by atoms with Crippen molar-refractivity contribution >= 4 is 22.5 Å². The van der Waals surface area contributed by atoms with Crippen LogP contribution in [-0.4, -0.2) is 9.97 Å². The van der Waals surface area contributed by atoms with E-state index in [2.05, 4.69) is 16.0 Å². The number of hydrogen-bond donors (Lipinski definition) is 2. The van der Waals surface area contributed by atoms with Crippen LogP contribution >= 0.6 is 11.8 Å². The Bertz CT molecular complexity index is 998. The molecule has 1 aromatic heterocycles. The van der Waals surface area contributed by atoms with Crippen LogP contribution in [-0.2, 0) is 5.75 Å². The van der Waals surface area contributed by atoms with Crippen LogP contribution in [0, 0.1) is 11.3 Å². The molecular weight excluding hydrogens is 298 g/mol. The Morgan fingerprint density at radius 1 is 1.14 bits per heavy atom. The van der Waals surface area contributed by atoms with Gasteiger partial charge in [0, 0.05) is 22.5 Å². The van der Waals surface area contributed by atoms with E-state index in [0.29, 0.717) is 17.0 Å².